The van der Waals surface area contributed by atoms with Gasteiger partial charge in [0.1, 0.15) is 0 Å². The number of benzene rings is 1. The zero-order valence-electron chi connectivity index (χ0n) is 34.6. The second-order valence-corrected chi connectivity index (χ2v) is 18.2. The Hall–Kier alpha value is -0.0800. The molecule has 0 aromatic heterocycles. The molecular formula is C48H90S2. The third-order valence-electron chi connectivity index (χ3n) is 10.9. The van der Waals surface area contributed by atoms with Crippen molar-refractivity contribution in [3.8, 4) is 0 Å². The van der Waals surface area contributed by atoms with Gasteiger partial charge in [0.05, 0.1) is 0 Å². The van der Waals surface area contributed by atoms with Crippen molar-refractivity contribution in [2.75, 3.05) is 11.5 Å². The Morgan fingerprint density at radius 3 is 0.720 bits per heavy atom. The number of rotatable bonds is 41. The minimum absolute atomic E-state index is 1.15. The van der Waals surface area contributed by atoms with Crippen LogP contribution in [0.3, 0.4) is 0 Å². The van der Waals surface area contributed by atoms with Gasteiger partial charge in [0, 0.05) is 9.79 Å². The summed E-state index contributed by atoms with van der Waals surface area (Å²) in [5.74, 6) is 2.57. The van der Waals surface area contributed by atoms with Crippen molar-refractivity contribution in [1.29, 1.82) is 0 Å². The summed E-state index contributed by atoms with van der Waals surface area (Å²) in [5, 5.41) is 0. The summed E-state index contributed by atoms with van der Waals surface area (Å²) in [6, 6.07) is 7.40. The van der Waals surface area contributed by atoms with Crippen molar-refractivity contribution >= 4 is 23.5 Å². The van der Waals surface area contributed by atoms with Crippen LogP contribution in [0, 0.1) is 0 Å². The number of aryl methyl sites for hydroxylation is 1. The molecule has 294 valence electrons. The van der Waals surface area contributed by atoms with Gasteiger partial charge in [-0.3, -0.25) is 0 Å². The minimum Gasteiger partial charge on any atom is -0.126 e. The van der Waals surface area contributed by atoms with E-state index in [4.69, 9.17) is 0 Å². The van der Waals surface area contributed by atoms with E-state index in [0.29, 0.717) is 0 Å². The summed E-state index contributed by atoms with van der Waals surface area (Å²) in [7, 11) is 0. The van der Waals surface area contributed by atoms with Crippen LogP contribution in [-0.2, 0) is 6.42 Å². The number of thioether (sulfide) groups is 2. The molecule has 1 rings (SSSR count). The summed E-state index contributed by atoms with van der Waals surface area (Å²) in [6.07, 6.45) is 53.5. The summed E-state index contributed by atoms with van der Waals surface area (Å²) >= 11 is 4.21. The maximum Gasteiger partial charge on any atom is 0.00858 e. The number of hydrogen-bond donors (Lipinski definition) is 0. The van der Waals surface area contributed by atoms with Crippen molar-refractivity contribution in [1.82, 2.24) is 0 Å². The van der Waals surface area contributed by atoms with E-state index in [-0.39, 0.29) is 0 Å². The molecule has 0 amide bonds. The zero-order valence-corrected chi connectivity index (χ0v) is 36.3. The maximum absolute atomic E-state index is 2.48. The molecule has 0 N–H and O–H groups in total. The Morgan fingerprint density at radius 1 is 0.280 bits per heavy atom. The van der Waals surface area contributed by atoms with Crippen LogP contribution >= 0.6 is 23.5 Å². The van der Waals surface area contributed by atoms with E-state index >= 15 is 0 Å². The third-order valence-corrected chi connectivity index (χ3v) is 13.0. The molecule has 1 aromatic rings. The Bertz CT molecular complexity index is 728. The monoisotopic (exact) mass is 731 g/mol. The summed E-state index contributed by atoms with van der Waals surface area (Å²) in [5.41, 5.74) is 1.52. The predicted molar refractivity (Wildman–Crippen MR) is 235 cm³/mol. The fourth-order valence-electron chi connectivity index (χ4n) is 7.39. The van der Waals surface area contributed by atoms with Crippen LogP contribution in [-0.4, -0.2) is 11.5 Å². The van der Waals surface area contributed by atoms with Crippen molar-refractivity contribution in [2.45, 2.75) is 268 Å². The number of unbranched alkanes of at least 4 members (excludes halogenated alkanes) is 34. The van der Waals surface area contributed by atoms with Gasteiger partial charge in [-0.2, -0.15) is 0 Å². The molecule has 0 unspecified atom stereocenters. The zero-order chi connectivity index (χ0) is 35.8. The third kappa shape index (κ3) is 33.7. The lowest BCUT2D eigenvalue weighted by Gasteiger charge is -2.09. The molecule has 0 atom stereocenters. The second kappa shape index (κ2) is 40.1. The largest absolute Gasteiger partial charge is 0.126 e. The molecule has 0 aliphatic rings. The van der Waals surface area contributed by atoms with Crippen LogP contribution in [0.2, 0.25) is 0 Å². The average molecular weight is 731 g/mol. The first-order valence-electron chi connectivity index (χ1n) is 23.2. The Balaban J connectivity index is 1.91. The van der Waals surface area contributed by atoms with Crippen molar-refractivity contribution in [3.05, 3.63) is 23.8 Å². The standard InChI is InChI=1S/C48H90S2/c1-4-7-9-11-13-15-17-19-21-23-25-27-29-31-33-35-37-39-41-49-47-43-46(6-3)44-48(45-47)50-42-40-38-36-34-32-30-28-26-24-22-20-18-16-14-12-10-8-5-2/h43-45H,4-42H2,1-3H3. The molecule has 0 aliphatic heterocycles. The van der Waals surface area contributed by atoms with Gasteiger partial charge in [0.15, 0.2) is 0 Å². The first kappa shape index (κ1) is 47.9. The van der Waals surface area contributed by atoms with Gasteiger partial charge in [0.2, 0.25) is 0 Å². The quantitative estimate of drug-likeness (QED) is 0.0486. The topological polar surface area (TPSA) is 0 Å². The first-order chi connectivity index (χ1) is 24.8. The predicted octanol–water partition coefficient (Wildman–Crippen LogP) is 18.5. The molecule has 0 saturated carbocycles. The van der Waals surface area contributed by atoms with E-state index in [9.17, 15) is 0 Å². The average Bonchev–Trinajstić information content (AvgIpc) is 3.13. The van der Waals surface area contributed by atoms with Gasteiger partial charge in [-0.05, 0) is 54.5 Å². The van der Waals surface area contributed by atoms with Gasteiger partial charge in [-0.1, -0.05) is 239 Å². The SMILES string of the molecule is CCCCCCCCCCCCCCCCCCCCSc1cc(CC)cc(SCCCCCCCCCCCCCCCCCCCC)c1. The lowest BCUT2D eigenvalue weighted by Crippen LogP contribution is -1.88. The number of hydrogen-bond acceptors (Lipinski definition) is 2. The fraction of sp³-hybridized carbons (Fsp3) is 0.875. The molecule has 0 nitrogen and oxygen atoms in total. The molecule has 50 heavy (non-hydrogen) atoms. The van der Waals surface area contributed by atoms with E-state index in [0.717, 1.165) is 6.42 Å². The van der Waals surface area contributed by atoms with E-state index in [1.165, 1.54) is 258 Å². The van der Waals surface area contributed by atoms with E-state index in [2.05, 4.69) is 62.5 Å². The van der Waals surface area contributed by atoms with Gasteiger partial charge < -0.3 is 0 Å². The maximum atomic E-state index is 2.48. The smallest absolute Gasteiger partial charge is 0.00858 e. The molecule has 0 fully saturated rings. The molecule has 2 heteroatoms. The highest BCUT2D eigenvalue weighted by atomic mass is 32.2. The lowest BCUT2D eigenvalue weighted by atomic mass is 10.0. The molecule has 0 aliphatic carbocycles. The molecule has 0 saturated heterocycles. The highest BCUT2D eigenvalue weighted by Crippen LogP contribution is 2.29. The Kier molecular flexibility index (Phi) is 38.5. The first-order valence-corrected chi connectivity index (χ1v) is 25.2. The highest BCUT2D eigenvalue weighted by Gasteiger charge is 2.04. The van der Waals surface area contributed by atoms with Crippen LogP contribution in [0.15, 0.2) is 28.0 Å². The van der Waals surface area contributed by atoms with Crippen molar-refractivity contribution in [2.24, 2.45) is 0 Å². The molecule has 0 bridgehead atoms. The summed E-state index contributed by atoms with van der Waals surface area (Å²) < 4.78 is 0. The van der Waals surface area contributed by atoms with Crippen LogP contribution in [0.25, 0.3) is 0 Å². The molecule has 1 aromatic carbocycles. The van der Waals surface area contributed by atoms with Gasteiger partial charge in [-0.25, -0.2) is 0 Å². The van der Waals surface area contributed by atoms with E-state index in [1.807, 2.05) is 0 Å². The van der Waals surface area contributed by atoms with Gasteiger partial charge in [-0.15, -0.1) is 23.5 Å². The van der Waals surface area contributed by atoms with Crippen molar-refractivity contribution in [3.63, 3.8) is 0 Å². The molecular weight excluding hydrogens is 641 g/mol. The van der Waals surface area contributed by atoms with Crippen molar-refractivity contribution < 1.29 is 0 Å². The second-order valence-electron chi connectivity index (χ2n) is 15.9. The van der Waals surface area contributed by atoms with Gasteiger partial charge in [0.25, 0.3) is 0 Å². The van der Waals surface area contributed by atoms with E-state index in [1.54, 1.807) is 0 Å². The molecule has 0 spiro atoms. The van der Waals surface area contributed by atoms with E-state index < -0.39 is 0 Å². The highest BCUT2D eigenvalue weighted by molar-refractivity contribution is 8.00. The lowest BCUT2D eigenvalue weighted by molar-refractivity contribution is 0.526. The minimum atomic E-state index is 1.15. The van der Waals surface area contributed by atoms with Gasteiger partial charge >= 0.3 is 0 Å². The molecule has 0 radical (unpaired) electrons. The van der Waals surface area contributed by atoms with Crippen LogP contribution < -0.4 is 0 Å². The summed E-state index contributed by atoms with van der Waals surface area (Å²) in [6.45, 7) is 6.93. The Labute approximate surface area is 325 Å². The fourth-order valence-corrected chi connectivity index (χ4v) is 9.52. The summed E-state index contributed by atoms with van der Waals surface area (Å²) in [4.78, 5) is 3.02. The molecule has 0 heterocycles. The van der Waals surface area contributed by atoms with Crippen LogP contribution in [0.5, 0.6) is 0 Å². The Morgan fingerprint density at radius 2 is 0.500 bits per heavy atom. The van der Waals surface area contributed by atoms with Crippen LogP contribution in [0.1, 0.15) is 257 Å². The normalized spacial score (nSPS) is 11.6. The van der Waals surface area contributed by atoms with Crippen LogP contribution in [0.4, 0.5) is 0 Å².